The fourth-order valence-electron chi connectivity index (χ4n) is 2.72. The van der Waals surface area contributed by atoms with Crippen LogP contribution < -0.4 is 10.5 Å². The summed E-state index contributed by atoms with van der Waals surface area (Å²) in [6.07, 6.45) is 2.34. The Hall–Kier alpha value is -1.75. The molecule has 20 heavy (non-hydrogen) atoms. The minimum absolute atomic E-state index is 0.0540. The van der Waals surface area contributed by atoms with Crippen molar-refractivity contribution < 1.29 is 9.53 Å². The fraction of sp³-hybridized carbons (Fsp3) is 0.533. The Balaban J connectivity index is 2.10. The summed E-state index contributed by atoms with van der Waals surface area (Å²) in [6.45, 7) is 1.83. The van der Waals surface area contributed by atoms with Gasteiger partial charge in [0, 0.05) is 19.6 Å². The molecular formula is C15H23N3O2. The molecule has 0 saturated carbocycles. The van der Waals surface area contributed by atoms with Gasteiger partial charge >= 0.3 is 0 Å². The first kappa shape index (κ1) is 14.7. The van der Waals surface area contributed by atoms with Gasteiger partial charge in [0.2, 0.25) is 0 Å². The third kappa shape index (κ3) is 2.88. The van der Waals surface area contributed by atoms with E-state index in [1.807, 2.05) is 7.05 Å². The molecule has 1 aromatic carbocycles. The Morgan fingerprint density at radius 3 is 2.90 bits per heavy atom. The monoisotopic (exact) mass is 277 g/mol. The SMILES string of the molecule is COc1cccc(C(=O)N(C)CC2CCCN2C)c1N. The zero-order valence-corrected chi connectivity index (χ0v) is 12.4. The Morgan fingerprint density at radius 1 is 1.55 bits per heavy atom. The quantitative estimate of drug-likeness (QED) is 0.846. The molecule has 1 amide bonds. The highest BCUT2D eigenvalue weighted by Crippen LogP contribution is 2.26. The number of anilines is 1. The molecule has 1 heterocycles. The lowest BCUT2D eigenvalue weighted by molar-refractivity contribution is 0.0762. The average molecular weight is 277 g/mol. The van der Waals surface area contributed by atoms with E-state index in [9.17, 15) is 4.79 Å². The summed E-state index contributed by atoms with van der Waals surface area (Å²) in [5, 5.41) is 0. The molecule has 0 spiro atoms. The van der Waals surface area contributed by atoms with Crippen molar-refractivity contribution >= 4 is 11.6 Å². The van der Waals surface area contributed by atoms with Crippen LogP contribution >= 0.6 is 0 Å². The molecule has 0 aromatic heterocycles. The summed E-state index contributed by atoms with van der Waals surface area (Å²) in [7, 11) is 5.49. The number of nitrogens with zero attached hydrogens (tertiary/aromatic N) is 2. The molecule has 0 aliphatic carbocycles. The van der Waals surface area contributed by atoms with Gasteiger partial charge in [-0.25, -0.2) is 0 Å². The molecule has 1 aliphatic heterocycles. The van der Waals surface area contributed by atoms with Gasteiger partial charge in [0.25, 0.3) is 5.91 Å². The molecule has 0 radical (unpaired) electrons. The van der Waals surface area contributed by atoms with Crippen molar-refractivity contribution in [3.8, 4) is 5.75 Å². The Kier molecular flexibility index (Phi) is 4.49. The number of nitrogen functional groups attached to an aromatic ring is 1. The van der Waals surface area contributed by atoms with E-state index in [4.69, 9.17) is 10.5 Å². The third-order valence-corrected chi connectivity index (χ3v) is 4.02. The fourth-order valence-corrected chi connectivity index (χ4v) is 2.72. The summed E-state index contributed by atoms with van der Waals surface area (Å²) in [5.41, 5.74) is 6.90. The van der Waals surface area contributed by atoms with E-state index in [1.165, 1.54) is 6.42 Å². The molecular weight excluding hydrogens is 254 g/mol. The number of carbonyl (C=O) groups excluding carboxylic acids is 1. The van der Waals surface area contributed by atoms with Gasteiger partial charge in [0.05, 0.1) is 18.4 Å². The van der Waals surface area contributed by atoms with Gasteiger partial charge in [0.1, 0.15) is 5.75 Å². The van der Waals surface area contributed by atoms with Gasteiger partial charge < -0.3 is 20.3 Å². The maximum atomic E-state index is 12.5. The standard InChI is InChI=1S/C15H23N3O2/c1-17-9-5-6-11(17)10-18(2)15(19)12-7-4-8-13(20-3)14(12)16/h4,7-8,11H,5-6,9-10,16H2,1-3H3. The topological polar surface area (TPSA) is 58.8 Å². The van der Waals surface area contributed by atoms with E-state index < -0.39 is 0 Å². The zero-order valence-electron chi connectivity index (χ0n) is 12.4. The molecule has 1 saturated heterocycles. The van der Waals surface area contributed by atoms with E-state index in [0.717, 1.165) is 19.5 Å². The largest absolute Gasteiger partial charge is 0.495 e. The Labute approximate surface area is 120 Å². The zero-order chi connectivity index (χ0) is 14.7. The molecule has 1 unspecified atom stereocenters. The van der Waals surface area contributed by atoms with Crippen LogP contribution in [0, 0.1) is 0 Å². The van der Waals surface area contributed by atoms with Crippen molar-refractivity contribution in [2.75, 3.05) is 40.0 Å². The van der Waals surface area contributed by atoms with Crippen molar-refractivity contribution in [2.45, 2.75) is 18.9 Å². The maximum Gasteiger partial charge on any atom is 0.255 e. The number of benzene rings is 1. The smallest absolute Gasteiger partial charge is 0.255 e. The summed E-state index contributed by atoms with van der Waals surface area (Å²) < 4.78 is 5.16. The van der Waals surface area contributed by atoms with E-state index in [0.29, 0.717) is 23.0 Å². The highest BCUT2D eigenvalue weighted by atomic mass is 16.5. The van der Waals surface area contributed by atoms with E-state index in [-0.39, 0.29) is 5.91 Å². The summed E-state index contributed by atoms with van der Waals surface area (Å²) in [5.74, 6) is 0.490. The molecule has 1 atom stereocenters. The highest BCUT2D eigenvalue weighted by Gasteiger charge is 2.25. The number of para-hydroxylation sites is 1. The molecule has 1 aliphatic rings. The number of methoxy groups -OCH3 is 1. The number of hydrogen-bond donors (Lipinski definition) is 1. The molecule has 110 valence electrons. The number of likely N-dealkylation sites (tertiary alicyclic amines) is 1. The van der Waals surface area contributed by atoms with Crippen LogP contribution in [0.2, 0.25) is 0 Å². The second kappa shape index (κ2) is 6.13. The molecule has 2 N–H and O–H groups in total. The molecule has 5 nitrogen and oxygen atoms in total. The number of carbonyl (C=O) groups is 1. The van der Waals surface area contributed by atoms with Crippen LogP contribution in [0.1, 0.15) is 23.2 Å². The van der Waals surface area contributed by atoms with Crippen LogP contribution in [-0.2, 0) is 0 Å². The number of ether oxygens (including phenoxy) is 1. The van der Waals surface area contributed by atoms with Crippen molar-refractivity contribution in [3.05, 3.63) is 23.8 Å². The number of rotatable bonds is 4. The van der Waals surface area contributed by atoms with Crippen LogP contribution in [0.5, 0.6) is 5.75 Å². The third-order valence-electron chi connectivity index (χ3n) is 4.02. The molecule has 5 heteroatoms. The van der Waals surface area contributed by atoms with Crippen LogP contribution in [0.4, 0.5) is 5.69 Å². The first-order valence-corrected chi connectivity index (χ1v) is 6.92. The lowest BCUT2D eigenvalue weighted by Crippen LogP contribution is -2.39. The van der Waals surface area contributed by atoms with Gasteiger partial charge in [-0.1, -0.05) is 6.07 Å². The van der Waals surface area contributed by atoms with Crippen molar-refractivity contribution in [1.82, 2.24) is 9.80 Å². The second-order valence-electron chi connectivity index (χ2n) is 5.38. The van der Waals surface area contributed by atoms with E-state index >= 15 is 0 Å². The van der Waals surface area contributed by atoms with Crippen molar-refractivity contribution in [1.29, 1.82) is 0 Å². The van der Waals surface area contributed by atoms with Gasteiger partial charge in [-0.05, 0) is 38.6 Å². The van der Waals surface area contributed by atoms with Crippen LogP contribution in [0.3, 0.4) is 0 Å². The number of hydrogen-bond acceptors (Lipinski definition) is 4. The first-order valence-electron chi connectivity index (χ1n) is 6.92. The van der Waals surface area contributed by atoms with E-state index in [2.05, 4.69) is 11.9 Å². The van der Waals surface area contributed by atoms with Gasteiger partial charge in [-0.3, -0.25) is 4.79 Å². The highest BCUT2D eigenvalue weighted by molar-refractivity contribution is 6.00. The maximum absolute atomic E-state index is 12.5. The number of likely N-dealkylation sites (N-methyl/N-ethyl adjacent to an activating group) is 2. The molecule has 2 rings (SSSR count). The minimum Gasteiger partial charge on any atom is -0.495 e. The number of amides is 1. The van der Waals surface area contributed by atoms with Gasteiger partial charge in [-0.15, -0.1) is 0 Å². The Morgan fingerprint density at radius 2 is 2.30 bits per heavy atom. The summed E-state index contributed by atoms with van der Waals surface area (Å²) in [6, 6.07) is 5.74. The molecule has 1 aromatic rings. The van der Waals surface area contributed by atoms with Crippen LogP contribution in [-0.4, -0.2) is 56.0 Å². The predicted molar refractivity (Wildman–Crippen MR) is 80.0 cm³/mol. The summed E-state index contributed by atoms with van der Waals surface area (Å²) >= 11 is 0. The second-order valence-corrected chi connectivity index (χ2v) is 5.38. The summed E-state index contributed by atoms with van der Waals surface area (Å²) in [4.78, 5) is 16.6. The lowest BCUT2D eigenvalue weighted by atomic mass is 10.1. The minimum atomic E-state index is -0.0540. The predicted octanol–water partition coefficient (Wildman–Crippen LogP) is 1.44. The first-order chi connectivity index (χ1) is 9.54. The lowest BCUT2D eigenvalue weighted by Gasteiger charge is -2.26. The Bertz CT molecular complexity index is 490. The molecule has 0 bridgehead atoms. The average Bonchev–Trinajstić information content (AvgIpc) is 2.84. The number of nitrogens with two attached hydrogens (primary N) is 1. The van der Waals surface area contributed by atoms with Crippen LogP contribution in [0.15, 0.2) is 18.2 Å². The van der Waals surface area contributed by atoms with Crippen LogP contribution in [0.25, 0.3) is 0 Å². The van der Waals surface area contributed by atoms with Crippen molar-refractivity contribution in [2.24, 2.45) is 0 Å². The van der Waals surface area contributed by atoms with Gasteiger partial charge in [0.15, 0.2) is 0 Å². The molecule has 1 fully saturated rings. The van der Waals surface area contributed by atoms with E-state index in [1.54, 1.807) is 30.2 Å². The van der Waals surface area contributed by atoms with Gasteiger partial charge in [-0.2, -0.15) is 0 Å². The van der Waals surface area contributed by atoms with Crippen molar-refractivity contribution in [3.63, 3.8) is 0 Å². The normalized spacial score (nSPS) is 19.1.